The molecule has 2 N–H and O–H groups in total. The molecular weight excluding hydrogens is 134 g/mol. The van der Waals surface area contributed by atoms with Crippen molar-refractivity contribution in [3.8, 4) is 0 Å². The summed E-state index contributed by atoms with van der Waals surface area (Å²) < 4.78 is 0. The summed E-state index contributed by atoms with van der Waals surface area (Å²) in [6.45, 7) is 2.27. The minimum Gasteiger partial charge on any atom is -0.398 e. The fourth-order valence-corrected chi connectivity index (χ4v) is 1.89. The van der Waals surface area contributed by atoms with Crippen molar-refractivity contribution >= 4 is 5.69 Å². The zero-order valence-corrected chi connectivity index (χ0v) is 6.80. The number of hydrogen-bond acceptors (Lipinski definition) is 1. The van der Waals surface area contributed by atoms with E-state index in [9.17, 15) is 0 Å². The van der Waals surface area contributed by atoms with Crippen LogP contribution >= 0.6 is 0 Å². The molecule has 0 amide bonds. The van der Waals surface area contributed by atoms with E-state index in [2.05, 4.69) is 19.1 Å². The summed E-state index contributed by atoms with van der Waals surface area (Å²) in [5, 5.41) is 0. The molecule has 0 aromatic heterocycles. The largest absolute Gasteiger partial charge is 0.398 e. The van der Waals surface area contributed by atoms with Crippen LogP contribution in [0, 0.1) is 0 Å². The second-order valence-electron chi connectivity index (χ2n) is 3.35. The third-order valence-corrected chi connectivity index (χ3v) is 2.61. The smallest absolute Gasteiger partial charge is 0.0349 e. The van der Waals surface area contributed by atoms with Gasteiger partial charge in [0.15, 0.2) is 0 Å². The van der Waals surface area contributed by atoms with Crippen molar-refractivity contribution in [2.75, 3.05) is 5.73 Å². The molecule has 0 fully saturated rings. The quantitative estimate of drug-likeness (QED) is 0.560. The molecule has 1 nitrogen and oxygen atoms in total. The number of fused-ring (bicyclic) bond motifs is 1. The van der Waals surface area contributed by atoms with Crippen LogP contribution in [0.15, 0.2) is 18.2 Å². The second-order valence-corrected chi connectivity index (χ2v) is 3.35. The van der Waals surface area contributed by atoms with Crippen LogP contribution in [-0.4, -0.2) is 0 Å². The maximum atomic E-state index is 5.83. The van der Waals surface area contributed by atoms with Gasteiger partial charge >= 0.3 is 0 Å². The highest BCUT2D eigenvalue weighted by Gasteiger charge is 2.19. The van der Waals surface area contributed by atoms with Gasteiger partial charge in [-0.25, -0.2) is 0 Å². The van der Waals surface area contributed by atoms with Gasteiger partial charge in [-0.15, -0.1) is 0 Å². The molecule has 1 aromatic carbocycles. The SMILES string of the molecule is CC1CCc2c(N)cccc21. The van der Waals surface area contributed by atoms with Gasteiger partial charge in [-0.1, -0.05) is 19.1 Å². The molecule has 2 rings (SSSR count). The lowest BCUT2D eigenvalue weighted by Gasteiger charge is -2.04. The molecule has 1 heteroatoms. The zero-order valence-electron chi connectivity index (χ0n) is 6.80. The Balaban J connectivity index is 2.57. The van der Waals surface area contributed by atoms with Crippen LogP contribution in [-0.2, 0) is 6.42 Å². The number of hydrogen-bond donors (Lipinski definition) is 1. The average molecular weight is 147 g/mol. The number of nitrogens with two attached hydrogens (primary N) is 1. The van der Waals surface area contributed by atoms with Gasteiger partial charge < -0.3 is 5.73 Å². The molecule has 0 bridgehead atoms. The number of rotatable bonds is 0. The predicted octanol–water partition coefficient (Wildman–Crippen LogP) is 2.32. The highest BCUT2D eigenvalue weighted by atomic mass is 14.6. The Bertz CT molecular complexity index is 278. The van der Waals surface area contributed by atoms with Crippen molar-refractivity contribution in [2.24, 2.45) is 0 Å². The molecule has 1 aliphatic carbocycles. The van der Waals surface area contributed by atoms with Gasteiger partial charge in [-0.05, 0) is 36.0 Å². The van der Waals surface area contributed by atoms with Gasteiger partial charge in [0.25, 0.3) is 0 Å². The van der Waals surface area contributed by atoms with Crippen LogP contribution in [0.5, 0.6) is 0 Å². The molecule has 0 saturated carbocycles. The van der Waals surface area contributed by atoms with E-state index < -0.39 is 0 Å². The van der Waals surface area contributed by atoms with Crippen molar-refractivity contribution in [3.63, 3.8) is 0 Å². The molecule has 1 atom stereocenters. The Morgan fingerprint density at radius 1 is 1.45 bits per heavy atom. The molecule has 1 unspecified atom stereocenters. The molecule has 58 valence electrons. The van der Waals surface area contributed by atoms with Crippen molar-refractivity contribution in [1.82, 2.24) is 0 Å². The molecule has 0 heterocycles. The van der Waals surface area contributed by atoms with E-state index in [-0.39, 0.29) is 0 Å². The highest BCUT2D eigenvalue weighted by molar-refractivity contribution is 5.54. The van der Waals surface area contributed by atoms with E-state index in [1.54, 1.807) is 0 Å². The summed E-state index contributed by atoms with van der Waals surface area (Å²) in [6.07, 6.45) is 2.44. The lowest BCUT2D eigenvalue weighted by Crippen LogP contribution is -1.92. The zero-order chi connectivity index (χ0) is 7.84. The fraction of sp³-hybridized carbons (Fsp3) is 0.400. The van der Waals surface area contributed by atoms with Crippen molar-refractivity contribution in [3.05, 3.63) is 29.3 Å². The van der Waals surface area contributed by atoms with E-state index in [0.29, 0.717) is 5.92 Å². The minimum absolute atomic E-state index is 0.716. The lowest BCUT2D eigenvalue weighted by atomic mass is 10.0. The normalized spacial score (nSPS) is 21.7. The van der Waals surface area contributed by atoms with Gasteiger partial charge in [-0.2, -0.15) is 0 Å². The number of anilines is 1. The van der Waals surface area contributed by atoms with Crippen molar-refractivity contribution in [2.45, 2.75) is 25.7 Å². The first-order chi connectivity index (χ1) is 5.29. The van der Waals surface area contributed by atoms with Crippen LogP contribution < -0.4 is 5.73 Å². The summed E-state index contributed by atoms with van der Waals surface area (Å²) >= 11 is 0. The van der Waals surface area contributed by atoms with Crippen molar-refractivity contribution < 1.29 is 0 Å². The topological polar surface area (TPSA) is 26.0 Å². The van der Waals surface area contributed by atoms with Crippen LogP contribution in [0.25, 0.3) is 0 Å². The van der Waals surface area contributed by atoms with Crippen molar-refractivity contribution in [1.29, 1.82) is 0 Å². The maximum absolute atomic E-state index is 5.83. The van der Waals surface area contributed by atoms with Gasteiger partial charge in [0, 0.05) is 5.69 Å². The highest BCUT2D eigenvalue weighted by Crippen LogP contribution is 2.35. The standard InChI is InChI=1S/C10H13N/c1-7-5-6-9-8(7)3-2-4-10(9)11/h2-4,7H,5-6,11H2,1H3. The fourth-order valence-electron chi connectivity index (χ4n) is 1.89. The Hall–Kier alpha value is -0.980. The summed E-state index contributed by atoms with van der Waals surface area (Å²) in [5.41, 5.74) is 9.66. The van der Waals surface area contributed by atoms with E-state index in [0.717, 1.165) is 5.69 Å². The predicted molar refractivity (Wildman–Crippen MR) is 47.6 cm³/mol. The molecule has 0 radical (unpaired) electrons. The Labute approximate surface area is 67.2 Å². The summed E-state index contributed by atoms with van der Waals surface area (Å²) in [7, 11) is 0. The van der Waals surface area contributed by atoms with Crippen LogP contribution in [0.2, 0.25) is 0 Å². The summed E-state index contributed by atoms with van der Waals surface area (Å²) in [6, 6.07) is 6.25. The van der Waals surface area contributed by atoms with E-state index in [4.69, 9.17) is 5.73 Å². The molecule has 1 aliphatic rings. The first kappa shape index (κ1) is 6.71. The first-order valence-corrected chi connectivity index (χ1v) is 4.16. The third-order valence-electron chi connectivity index (χ3n) is 2.61. The van der Waals surface area contributed by atoms with Crippen LogP contribution in [0.1, 0.15) is 30.4 Å². The molecule has 1 aromatic rings. The molecular formula is C10H13N. The van der Waals surface area contributed by atoms with Gasteiger partial charge in [0.2, 0.25) is 0 Å². The molecule has 0 saturated heterocycles. The van der Waals surface area contributed by atoms with Gasteiger partial charge in [-0.3, -0.25) is 0 Å². The molecule has 11 heavy (non-hydrogen) atoms. The van der Waals surface area contributed by atoms with Crippen LogP contribution in [0.4, 0.5) is 5.69 Å². The number of nitrogen functional groups attached to an aromatic ring is 1. The number of benzene rings is 1. The summed E-state index contributed by atoms with van der Waals surface area (Å²) in [5.74, 6) is 0.716. The Kier molecular flexibility index (Phi) is 1.38. The second kappa shape index (κ2) is 2.26. The Morgan fingerprint density at radius 3 is 3.00 bits per heavy atom. The maximum Gasteiger partial charge on any atom is 0.0349 e. The first-order valence-electron chi connectivity index (χ1n) is 4.16. The average Bonchev–Trinajstić information content (AvgIpc) is 2.35. The Morgan fingerprint density at radius 2 is 2.27 bits per heavy atom. The van der Waals surface area contributed by atoms with E-state index in [1.807, 2.05) is 6.07 Å². The minimum atomic E-state index is 0.716. The monoisotopic (exact) mass is 147 g/mol. The third kappa shape index (κ3) is 0.917. The lowest BCUT2D eigenvalue weighted by molar-refractivity contribution is 0.747. The van der Waals surface area contributed by atoms with Gasteiger partial charge in [0.05, 0.1) is 0 Å². The van der Waals surface area contributed by atoms with E-state index >= 15 is 0 Å². The van der Waals surface area contributed by atoms with Gasteiger partial charge in [0.1, 0.15) is 0 Å². The van der Waals surface area contributed by atoms with Crippen LogP contribution in [0.3, 0.4) is 0 Å². The summed E-state index contributed by atoms with van der Waals surface area (Å²) in [4.78, 5) is 0. The molecule has 0 aliphatic heterocycles. The van der Waals surface area contributed by atoms with E-state index in [1.165, 1.54) is 24.0 Å². The molecule has 0 spiro atoms.